The van der Waals surface area contributed by atoms with Crippen molar-refractivity contribution in [2.24, 2.45) is 5.92 Å². The number of amides is 1. The van der Waals surface area contributed by atoms with Crippen molar-refractivity contribution in [1.29, 1.82) is 0 Å². The van der Waals surface area contributed by atoms with Gasteiger partial charge in [0.1, 0.15) is 16.3 Å². The van der Waals surface area contributed by atoms with Gasteiger partial charge in [-0.15, -0.1) is 11.3 Å². The number of fused-ring (bicyclic) bond motifs is 1. The number of nitrogen functional groups attached to an aromatic ring is 1. The minimum absolute atomic E-state index is 0.306. The van der Waals surface area contributed by atoms with Gasteiger partial charge in [0.05, 0.1) is 9.90 Å². The van der Waals surface area contributed by atoms with Crippen LogP contribution < -0.4 is 10.6 Å². The van der Waals surface area contributed by atoms with Crippen molar-refractivity contribution in [3.63, 3.8) is 0 Å². The smallest absolute Gasteiger partial charge is 0.414 e. The number of nitrogens with zero attached hydrogens (tertiary/aromatic N) is 3. The molecular formula is C18H21ClN4O2S2. The summed E-state index contributed by atoms with van der Waals surface area (Å²) in [6.07, 6.45) is 2.58. The highest BCUT2D eigenvalue weighted by molar-refractivity contribution is 7.20. The zero-order chi connectivity index (χ0) is 19.3. The first kappa shape index (κ1) is 18.6. The second kappa shape index (κ2) is 6.68. The van der Waals surface area contributed by atoms with E-state index in [-0.39, 0.29) is 6.09 Å². The predicted molar refractivity (Wildman–Crippen MR) is 111 cm³/mol. The summed E-state index contributed by atoms with van der Waals surface area (Å²) in [4.78, 5) is 21.9. The van der Waals surface area contributed by atoms with Crippen LogP contribution in [0.3, 0.4) is 0 Å². The van der Waals surface area contributed by atoms with E-state index in [0.29, 0.717) is 22.6 Å². The first-order chi connectivity index (χ1) is 12.7. The fraction of sp³-hybridized carbons (Fsp3) is 0.444. The van der Waals surface area contributed by atoms with Gasteiger partial charge in [-0.1, -0.05) is 22.9 Å². The van der Waals surface area contributed by atoms with E-state index in [9.17, 15) is 4.79 Å². The molecule has 1 fully saturated rings. The summed E-state index contributed by atoms with van der Waals surface area (Å²) in [6, 6.07) is 1.91. The molecule has 2 aromatic heterocycles. The van der Waals surface area contributed by atoms with Crippen LogP contribution in [0.15, 0.2) is 23.3 Å². The minimum atomic E-state index is -0.509. The van der Waals surface area contributed by atoms with Gasteiger partial charge in [-0.3, -0.25) is 4.90 Å². The molecule has 144 valence electrons. The zero-order valence-electron chi connectivity index (χ0n) is 15.4. The molecule has 2 aromatic rings. The van der Waals surface area contributed by atoms with Gasteiger partial charge in [0.25, 0.3) is 0 Å². The van der Waals surface area contributed by atoms with Gasteiger partial charge in [0.15, 0.2) is 5.13 Å². The standard InChI is InChI=1S/C18H21ClN4O2S2/c1-18(2,3)25-17(24)22-7-10-4-5-23(12(10)8-22)15-14(21-16(20)27-15)13-6-11(19)9-26-13/h6,8-10H,4-5,7H2,1-3H3,(H2,20,21). The number of carbonyl (C=O) groups is 1. The van der Waals surface area contributed by atoms with Crippen LogP contribution in [-0.4, -0.2) is 34.7 Å². The minimum Gasteiger partial charge on any atom is -0.443 e. The van der Waals surface area contributed by atoms with Crippen molar-refractivity contribution >= 4 is 50.5 Å². The number of halogens is 1. The largest absolute Gasteiger partial charge is 0.443 e. The summed E-state index contributed by atoms with van der Waals surface area (Å²) in [7, 11) is 0. The lowest BCUT2D eigenvalue weighted by Crippen LogP contribution is -2.33. The Bertz CT molecular complexity index is 915. The lowest BCUT2D eigenvalue weighted by Gasteiger charge is -2.24. The Balaban J connectivity index is 1.63. The Labute approximate surface area is 171 Å². The number of thiazole rings is 1. The second-order valence-corrected chi connectivity index (χ2v) is 10.0. The van der Waals surface area contributed by atoms with Crippen LogP contribution in [0.4, 0.5) is 14.9 Å². The van der Waals surface area contributed by atoms with Crippen molar-refractivity contribution < 1.29 is 9.53 Å². The maximum absolute atomic E-state index is 12.4. The first-order valence-electron chi connectivity index (χ1n) is 8.71. The molecule has 0 spiro atoms. The molecule has 4 rings (SSSR count). The van der Waals surface area contributed by atoms with Crippen molar-refractivity contribution in [2.75, 3.05) is 23.7 Å². The summed E-state index contributed by atoms with van der Waals surface area (Å²) in [5.74, 6) is 0.306. The van der Waals surface area contributed by atoms with Gasteiger partial charge in [0, 0.05) is 36.3 Å². The quantitative estimate of drug-likeness (QED) is 0.732. The number of ether oxygens (including phenoxy) is 1. The molecule has 4 heterocycles. The SMILES string of the molecule is CC(C)(C)OC(=O)N1C=C2C(CCN2c2sc(N)nc2-c2cc(Cl)cs2)C1. The number of thiophene rings is 1. The van der Waals surface area contributed by atoms with Crippen LogP contribution in [-0.2, 0) is 4.74 Å². The number of hydrogen-bond donors (Lipinski definition) is 1. The molecule has 0 radical (unpaired) electrons. The van der Waals surface area contributed by atoms with E-state index in [1.54, 1.807) is 16.2 Å². The van der Waals surface area contributed by atoms with Gasteiger partial charge >= 0.3 is 6.09 Å². The number of nitrogens with two attached hydrogens (primary N) is 1. The molecule has 0 aromatic carbocycles. The van der Waals surface area contributed by atoms with E-state index in [4.69, 9.17) is 22.1 Å². The third-order valence-electron chi connectivity index (χ3n) is 4.44. The molecule has 27 heavy (non-hydrogen) atoms. The number of aromatic nitrogens is 1. The molecule has 0 saturated carbocycles. The van der Waals surface area contributed by atoms with Crippen LogP contribution in [0.1, 0.15) is 27.2 Å². The average Bonchev–Trinajstić information content (AvgIpc) is 3.27. The van der Waals surface area contributed by atoms with Gasteiger partial charge < -0.3 is 15.4 Å². The van der Waals surface area contributed by atoms with Crippen LogP contribution in [0.2, 0.25) is 5.02 Å². The molecular weight excluding hydrogens is 404 g/mol. The Morgan fingerprint density at radius 1 is 1.44 bits per heavy atom. The summed E-state index contributed by atoms with van der Waals surface area (Å²) in [6.45, 7) is 7.15. The molecule has 1 atom stereocenters. The predicted octanol–water partition coefficient (Wildman–Crippen LogP) is 5.03. The van der Waals surface area contributed by atoms with Crippen molar-refractivity contribution in [1.82, 2.24) is 9.88 Å². The Kier molecular flexibility index (Phi) is 4.60. The van der Waals surface area contributed by atoms with E-state index in [1.165, 1.54) is 11.3 Å². The van der Waals surface area contributed by atoms with Gasteiger partial charge in [-0.25, -0.2) is 9.78 Å². The highest BCUT2D eigenvalue weighted by atomic mass is 35.5. The van der Waals surface area contributed by atoms with Gasteiger partial charge in [-0.2, -0.15) is 0 Å². The van der Waals surface area contributed by atoms with E-state index < -0.39 is 5.60 Å². The monoisotopic (exact) mass is 424 g/mol. The highest BCUT2D eigenvalue weighted by Crippen LogP contribution is 2.46. The number of hydrogen-bond acceptors (Lipinski definition) is 7. The summed E-state index contributed by atoms with van der Waals surface area (Å²) >= 11 is 9.11. The molecule has 0 aliphatic carbocycles. The molecule has 6 nitrogen and oxygen atoms in total. The maximum atomic E-state index is 12.4. The summed E-state index contributed by atoms with van der Waals surface area (Å²) in [5.41, 5.74) is 7.48. The fourth-order valence-electron chi connectivity index (χ4n) is 3.37. The Morgan fingerprint density at radius 3 is 2.89 bits per heavy atom. The van der Waals surface area contributed by atoms with Crippen LogP contribution >= 0.6 is 34.3 Å². The second-order valence-electron chi connectivity index (χ2n) is 7.66. The lowest BCUT2D eigenvalue weighted by atomic mass is 10.1. The third kappa shape index (κ3) is 3.66. The van der Waals surface area contributed by atoms with Crippen LogP contribution in [0.25, 0.3) is 10.6 Å². The highest BCUT2D eigenvalue weighted by Gasteiger charge is 2.39. The molecule has 1 saturated heterocycles. The average molecular weight is 425 g/mol. The van der Waals surface area contributed by atoms with Crippen LogP contribution in [0, 0.1) is 5.92 Å². The summed E-state index contributed by atoms with van der Waals surface area (Å²) in [5, 5.41) is 4.12. The summed E-state index contributed by atoms with van der Waals surface area (Å²) < 4.78 is 5.51. The number of rotatable bonds is 2. The van der Waals surface area contributed by atoms with E-state index >= 15 is 0 Å². The fourth-order valence-corrected chi connectivity index (χ4v) is 5.39. The van der Waals surface area contributed by atoms with Crippen LogP contribution in [0.5, 0.6) is 0 Å². The molecule has 1 unspecified atom stereocenters. The zero-order valence-corrected chi connectivity index (χ0v) is 17.7. The lowest BCUT2D eigenvalue weighted by molar-refractivity contribution is 0.0338. The molecule has 2 aliphatic rings. The maximum Gasteiger partial charge on any atom is 0.414 e. The van der Waals surface area contributed by atoms with E-state index in [2.05, 4.69) is 9.88 Å². The Morgan fingerprint density at radius 2 is 2.22 bits per heavy atom. The molecule has 2 N–H and O–H groups in total. The topological polar surface area (TPSA) is 71.7 Å². The van der Waals surface area contributed by atoms with E-state index in [0.717, 1.165) is 34.2 Å². The molecule has 0 bridgehead atoms. The molecule has 1 amide bonds. The van der Waals surface area contributed by atoms with Gasteiger partial charge in [-0.05, 0) is 33.3 Å². The number of carbonyl (C=O) groups excluding carboxylic acids is 1. The first-order valence-corrected chi connectivity index (χ1v) is 10.8. The van der Waals surface area contributed by atoms with Gasteiger partial charge in [0.2, 0.25) is 0 Å². The van der Waals surface area contributed by atoms with E-state index in [1.807, 2.05) is 38.4 Å². The van der Waals surface area contributed by atoms with Crippen molar-refractivity contribution in [3.05, 3.63) is 28.4 Å². The normalized spacial score (nSPS) is 19.4. The number of anilines is 2. The Hall–Kier alpha value is -1.77. The molecule has 9 heteroatoms. The van der Waals surface area contributed by atoms with Crippen molar-refractivity contribution in [3.8, 4) is 10.6 Å². The van der Waals surface area contributed by atoms with Crippen molar-refractivity contribution in [2.45, 2.75) is 32.8 Å². The third-order valence-corrected chi connectivity index (χ3v) is 6.63. The molecule has 2 aliphatic heterocycles.